The largest absolute Gasteiger partial charge is 0.490 e. The molecule has 1 N–H and O–H groups in total. The summed E-state index contributed by atoms with van der Waals surface area (Å²) in [4.78, 5) is 12.3. The molecule has 0 saturated heterocycles. The molecule has 1 fully saturated rings. The van der Waals surface area contributed by atoms with Crippen molar-refractivity contribution < 1.29 is 27.1 Å². The molecule has 2 aromatic carbocycles. The van der Waals surface area contributed by atoms with E-state index in [9.17, 15) is 17.6 Å². The molecule has 8 heteroatoms. The fourth-order valence-electron chi connectivity index (χ4n) is 3.18. The van der Waals surface area contributed by atoms with Gasteiger partial charge in [-0.3, -0.25) is 4.79 Å². The van der Waals surface area contributed by atoms with Gasteiger partial charge in [-0.2, -0.15) is 0 Å². The average molecular weight is 391 g/mol. The predicted molar refractivity (Wildman–Crippen MR) is 94.6 cm³/mol. The SMILES string of the molecule is O=C(NS(=O)(=O)c1ccc2c(c1)OCCCO2)[C@H]1C[C@@H]1c1ccccc1F. The molecule has 0 bridgehead atoms. The van der Waals surface area contributed by atoms with E-state index >= 15 is 0 Å². The number of sulfonamides is 1. The van der Waals surface area contributed by atoms with Gasteiger partial charge in [0.25, 0.3) is 10.0 Å². The minimum atomic E-state index is -4.05. The highest BCUT2D eigenvalue weighted by molar-refractivity contribution is 7.90. The Morgan fingerprint density at radius 3 is 2.59 bits per heavy atom. The van der Waals surface area contributed by atoms with Crippen LogP contribution in [0.1, 0.15) is 24.3 Å². The van der Waals surface area contributed by atoms with Gasteiger partial charge >= 0.3 is 0 Å². The van der Waals surface area contributed by atoms with Crippen molar-refractivity contribution in [2.75, 3.05) is 13.2 Å². The van der Waals surface area contributed by atoms with E-state index in [2.05, 4.69) is 4.72 Å². The number of rotatable bonds is 4. The maximum Gasteiger partial charge on any atom is 0.264 e. The van der Waals surface area contributed by atoms with Crippen molar-refractivity contribution in [3.63, 3.8) is 0 Å². The molecule has 1 aliphatic heterocycles. The van der Waals surface area contributed by atoms with Gasteiger partial charge in [-0.15, -0.1) is 0 Å². The van der Waals surface area contributed by atoms with Crippen LogP contribution in [0.2, 0.25) is 0 Å². The van der Waals surface area contributed by atoms with E-state index in [4.69, 9.17) is 9.47 Å². The number of nitrogens with one attached hydrogen (secondary N) is 1. The Labute approximate surface area is 156 Å². The van der Waals surface area contributed by atoms with Crippen molar-refractivity contribution in [1.82, 2.24) is 4.72 Å². The summed E-state index contributed by atoms with van der Waals surface area (Å²) in [6.45, 7) is 0.921. The van der Waals surface area contributed by atoms with Crippen molar-refractivity contribution in [3.8, 4) is 11.5 Å². The molecular weight excluding hydrogens is 373 g/mol. The number of fused-ring (bicyclic) bond motifs is 1. The molecule has 0 unspecified atom stereocenters. The van der Waals surface area contributed by atoms with Crippen LogP contribution >= 0.6 is 0 Å². The van der Waals surface area contributed by atoms with E-state index in [1.807, 2.05) is 0 Å². The molecule has 142 valence electrons. The fraction of sp³-hybridized carbons (Fsp3) is 0.316. The molecule has 2 atom stereocenters. The number of hydrogen-bond donors (Lipinski definition) is 1. The van der Waals surface area contributed by atoms with Gasteiger partial charge < -0.3 is 9.47 Å². The third kappa shape index (κ3) is 3.62. The molecule has 0 spiro atoms. The molecule has 1 aliphatic carbocycles. The highest BCUT2D eigenvalue weighted by Crippen LogP contribution is 2.48. The van der Waals surface area contributed by atoms with Crippen LogP contribution < -0.4 is 14.2 Å². The highest BCUT2D eigenvalue weighted by atomic mass is 32.2. The second kappa shape index (κ2) is 6.84. The van der Waals surface area contributed by atoms with Gasteiger partial charge in [0, 0.05) is 18.4 Å². The predicted octanol–water partition coefficient (Wildman–Crippen LogP) is 2.60. The van der Waals surface area contributed by atoms with Crippen molar-refractivity contribution >= 4 is 15.9 Å². The molecule has 1 heterocycles. The Balaban J connectivity index is 1.48. The Bertz CT molecular complexity index is 991. The van der Waals surface area contributed by atoms with E-state index in [0.29, 0.717) is 43.1 Å². The minimum absolute atomic E-state index is 0.0804. The summed E-state index contributed by atoms with van der Waals surface area (Å²) < 4.78 is 52.0. The normalized spacial score (nSPS) is 21.2. The maximum absolute atomic E-state index is 13.8. The first-order chi connectivity index (χ1) is 13.0. The molecule has 1 saturated carbocycles. The molecule has 2 aliphatic rings. The van der Waals surface area contributed by atoms with Crippen LogP contribution in [0.25, 0.3) is 0 Å². The van der Waals surface area contributed by atoms with E-state index in [1.54, 1.807) is 18.2 Å². The summed E-state index contributed by atoms with van der Waals surface area (Å²) in [7, 11) is -4.05. The number of carbonyl (C=O) groups is 1. The molecule has 27 heavy (non-hydrogen) atoms. The Hall–Kier alpha value is -2.61. The molecule has 0 radical (unpaired) electrons. The van der Waals surface area contributed by atoms with Crippen LogP contribution in [-0.2, 0) is 14.8 Å². The van der Waals surface area contributed by atoms with E-state index < -0.39 is 21.8 Å². The van der Waals surface area contributed by atoms with E-state index in [-0.39, 0.29) is 16.6 Å². The molecule has 1 amide bonds. The first kappa shape index (κ1) is 17.8. The molecule has 6 nitrogen and oxygen atoms in total. The fourth-order valence-corrected chi connectivity index (χ4v) is 4.23. The van der Waals surface area contributed by atoms with Gasteiger partial charge in [0.1, 0.15) is 5.82 Å². The second-order valence-corrected chi connectivity index (χ2v) is 8.28. The number of benzene rings is 2. The number of halogens is 1. The van der Waals surface area contributed by atoms with Crippen molar-refractivity contribution in [2.24, 2.45) is 5.92 Å². The number of carbonyl (C=O) groups excluding carboxylic acids is 1. The van der Waals surface area contributed by atoms with Gasteiger partial charge in [0.15, 0.2) is 11.5 Å². The lowest BCUT2D eigenvalue weighted by molar-refractivity contribution is -0.120. The topological polar surface area (TPSA) is 81.7 Å². The number of amides is 1. The summed E-state index contributed by atoms with van der Waals surface area (Å²) in [6.07, 6.45) is 1.12. The van der Waals surface area contributed by atoms with Gasteiger partial charge in [0.05, 0.1) is 18.1 Å². The van der Waals surface area contributed by atoms with E-state index in [0.717, 1.165) is 0 Å². The molecule has 4 rings (SSSR count). The monoisotopic (exact) mass is 391 g/mol. The second-order valence-electron chi connectivity index (χ2n) is 6.60. The third-order valence-corrected chi connectivity index (χ3v) is 6.04. The standard InChI is InChI=1S/C19H18FNO5S/c20-16-5-2-1-4-13(16)14-11-15(14)19(22)21-27(23,24)12-6-7-17-18(10-12)26-9-3-8-25-17/h1-2,4-7,10,14-15H,3,8-9,11H2,(H,21,22)/t14-,15+/m1/s1. The van der Waals surface area contributed by atoms with Gasteiger partial charge in [-0.25, -0.2) is 17.5 Å². The smallest absolute Gasteiger partial charge is 0.264 e. The quantitative estimate of drug-likeness (QED) is 0.866. The van der Waals surface area contributed by atoms with Crippen molar-refractivity contribution in [3.05, 3.63) is 53.8 Å². The Morgan fingerprint density at radius 2 is 1.81 bits per heavy atom. The van der Waals surface area contributed by atoms with Crippen LogP contribution in [-0.4, -0.2) is 27.5 Å². The molecule has 0 aromatic heterocycles. The summed E-state index contributed by atoms with van der Waals surface area (Å²) >= 11 is 0. The maximum atomic E-state index is 13.8. The number of ether oxygens (including phenoxy) is 2. The van der Waals surface area contributed by atoms with Gasteiger partial charge in [0.2, 0.25) is 5.91 Å². The molecular formula is C19H18FNO5S. The summed E-state index contributed by atoms with van der Waals surface area (Å²) in [6, 6.07) is 10.4. The van der Waals surface area contributed by atoms with Gasteiger partial charge in [-0.1, -0.05) is 18.2 Å². The zero-order valence-electron chi connectivity index (χ0n) is 14.4. The minimum Gasteiger partial charge on any atom is -0.490 e. The van der Waals surface area contributed by atoms with E-state index in [1.165, 1.54) is 24.3 Å². The summed E-state index contributed by atoms with van der Waals surface area (Å²) in [5, 5.41) is 0. The third-order valence-electron chi connectivity index (χ3n) is 4.70. The zero-order valence-corrected chi connectivity index (χ0v) is 15.2. The first-order valence-corrected chi connectivity index (χ1v) is 10.1. The zero-order chi connectivity index (χ0) is 19.0. The average Bonchev–Trinajstić information content (AvgIpc) is 3.45. The Morgan fingerprint density at radius 1 is 1.07 bits per heavy atom. The highest BCUT2D eigenvalue weighted by Gasteiger charge is 2.46. The van der Waals surface area contributed by atoms with Gasteiger partial charge in [-0.05, 0) is 36.1 Å². The van der Waals surface area contributed by atoms with Crippen LogP contribution in [0, 0.1) is 11.7 Å². The lowest BCUT2D eigenvalue weighted by Gasteiger charge is -2.11. The Kier molecular flexibility index (Phi) is 4.51. The summed E-state index contributed by atoms with van der Waals surface area (Å²) in [5.41, 5.74) is 0.436. The van der Waals surface area contributed by atoms with Crippen molar-refractivity contribution in [2.45, 2.75) is 23.7 Å². The lowest BCUT2D eigenvalue weighted by Crippen LogP contribution is -2.32. The van der Waals surface area contributed by atoms with Crippen LogP contribution in [0.4, 0.5) is 4.39 Å². The van der Waals surface area contributed by atoms with Crippen LogP contribution in [0.3, 0.4) is 0 Å². The summed E-state index contributed by atoms with van der Waals surface area (Å²) in [5.74, 6) is -1.07. The van der Waals surface area contributed by atoms with Crippen molar-refractivity contribution in [1.29, 1.82) is 0 Å². The lowest BCUT2D eigenvalue weighted by atomic mass is 10.1. The first-order valence-electron chi connectivity index (χ1n) is 8.66. The van der Waals surface area contributed by atoms with Crippen LogP contribution in [0.15, 0.2) is 47.4 Å². The van der Waals surface area contributed by atoms with Crippen LogP contribution in [0.5, 0.6) is 11.5 Å². The molecule has 2 aromatic rings. The number of hydrogen-bond acceptors (Lipinski definition) is 5.